The third-order valence-electron chi connectivity index (χ3n) is 8.04. The molecule has 0 aromatic rings. The Bertz CT molecular complexity index is 875. The van der Waals surface area contributed by atoms with Crippen molar-refractivity contribution in [3.63, 3.8) is 0 Å². The monoisotopic (exact) mass is 664 g/mol. The molecule has 0 amide bonds. The standard InChI is InChI=1S/C39H69NO7/c1-6-8-10-12-14-16-17-18-19-20-22-23-25-27-29-37(41)46-34-35(33-45-32-31-36(39(43)44)40(3,4)5)47-38(42)30-28-26-24-21-15-13-11-9-7-2/h8,10,14,16,18-19,35-36H,6-7,9,11-13,15,17,20-34H2,1-5H3/b10-8+,16-14+,19-18+. The van der Waals surface area contributed by atoms with Gasteiger partial charge in [-0.1, -0.05) is 115 Å². The Hall–Kier alpha value is -2.45. The Morgan fingerprint density at radius 2 is 1.19 bits per heavy atom. The number of ether oxygens (including phenoxy) is 3. The van der Waals surface area contributed by atoms with Crippen LogP contribution in [-0.4, -0.2) is 75.5 Å². The zero-order valence-electron chi connectivity index (χ0n) is 30.7. The fourth-order valence-electron chi connectivity index (χ4n) is 5.14. The van der Waals surface area contributed by atoms with Gasteiger partial charge in [0, 0.05) is 19.3 Å². The molecule has 0 aromatic carbocycles. The van der Waals surface area contributed by atoms with Gasteiger partial charge in [-0.15, -0.1) is 0 Å². The SMILES string of the molecule is CC/C=C/C/C=C/C/C=C/CCCCCCC(=O)OCC(COCCC(C(=O)[O-])[N+](C)(C)C)OC(=O)CCCCCCCCCCC. The average Bonchev–Trinajstić information content (AvgIpc) is 3.01. The van der Waals surface area contributed by atoms with Crippen LogP contribution in [0.5, 0.6) is 0 Å². The van der Waals surface area contributed by atoms with E-state index in [9.17, 15) is 19.5 Å². The smallest absolute Gasteiger partial charge is 0.306 e. The molecule has 47 heavy (non-hydrogen) atoms. The highest BCUT2D eigenvalue weighted by molar-refractivity contribution is 5.70. The van der Waals surface area contributed by atoms with Gasteiger partial charge in [-0.25, -0.2) is 0 Å². The Morgan fingerprint density at radius 3 is 1.77 bits per heavy atom. The van der Waals surface area contributed by atoms with Crippen LogP contribution >= 0.6 is 0 Å². The first-order chi connectivity index (χ1) is 22.6. The van der Waals surface area contributed by atoms with Crippen molar-refractivity contribution in [2.45, 2.75) is 154 Å². The molecule has 2 atom stereocenters. The highest BCUT2D eigenvalue weighted by Crippen LogP contribution is 2.13. The molecular formula is C39H69NO7. The Kier molecular flexibility index (Phi) is 29.2. The Balaban J connectivity index is 4.45. The van der Waals surface area contributed by atoms with Gasteiger partial charge in [0.2, 0.25) is 0 Å². The molecule has 0 saturated heterocycles. The summed E-state index contributed by atoms with van der Waals surface area (Å²) in [6, 6.07) is -0.725. The summed E-state index contributed by atoms with van der Waals surface area (Å²) < 4.78 is 17.0. The first-order valence-electron chi connectivity index (χ1n) is 18.5. The molecule has 0 bridgehead atoms. The molecule has 0 aliphatic carbocycles. The number of carbonyl (C=O) groups excluding carboxylic acids is 3. The van der Waals surface area contributed by atoms with Crippen molar-refractivity contribution in [1.29, 1.82) is 0 Å². The van der Waals surface area contributed by atoms with E-state index in [2.05, 4.69) is 50.3 Å². The van der Waals surface area contributed by atoms with Gasteiger partial charge in [-0.3, -0.25) is 9.59 Å². The molecular weight excluding hydrogens is 594 g/mol. The second-order valence-corrected chi connectivity index (χ2v) is 13.4. The van der Waals surface area contributed by atoms with Gasteiger partial charge in [0.1, 0.15) is 12.6 Å². The number of carboxylic acid groups (broad SMARTS) is 1. The largest absolute Gasteiger partial charge is 0.544 e. The molecule has 0 spiro atoms. The summed E-state index contributed by atoms with van der Waals surface area (Å²) in [6.07, 6.45) is 31.7. The van der Waals surface area contributed by atoms with E-state index < -0.39 is 18.1 Å². The molecule has 8 nitrogen and oxygen atoms in total. The number of rotatable bonds is 32. The van der Waals surface area contributed by atoms with E-state index in [1.165, 1.54) is 38.5 Å². The van der Waals surface area contributed by atoms with E-state index in [1.807, 2.05) is 0 Å². The third kappa shape index (κ3) is 29.4. The molecule has 0 rings (SSSR count). The number of nitrogens with zero attached hydrogens (tertiary/aromatic N) is 1. The van der Waals surface area contributed by atoms with Gasteiger partial charge in [0.15, 0.2) is 6.10 Å². The zero-order valence-corrected chi connectivity index (χ0v) is 30.7. The number of quaternary nitrogens is 1. The van der Waals surface area contributed by atoms with Crippen LogP contribution in [-0.2, 0) is 28.6 Å². The van der Waals surface area contributed by atoms with Crippen LogP contribution in [0.3, 0.4) is 0 Å². The average molecular weight is 664 g/mol. The van der Waals surface area contributed by atoms with Gasteiger partial charge in [-0.05, 0) is 44.9 Å². The minimum atomic E-state index is -1.13. The topological polar surface area (TPSA) is 102 Å². The van der Waals surface area contributed by atoms with Gasteiger partial charge >= 0.3 is 11.9 Å². The van der Waals surface area contributed by atoms with Crippen molar-refractivity contribution < 1.29 is 38.2 Å². The van der Waals surface area contributed by atoms with E-state index in [0.29, 0.717) is 12.8 Å². The quantitative estimate of drug-likeness (QED) is 0.0313. The first kappa shape index (κ1) is 44.5. The van der Waals surface area contributed by atoms with Gasteiger partial charge in [-0.2, -0.15) is 0 Å². The molecule has 0 heterocycles. The number of unbranched alkanes of at least 4 members (excludes halogenated alkanes) is 12. The van der Waals surface area contributed by atoms with E-state index in [1.54, 1.807) is 21.1 Å². The molecule has 0 radical (unpaired) electrons. The summed E-state index contributed by atoms with van der Waals surface area (Å²) in [5, 5.41) is 11.5. The maximum atomic E-state index is 12.6. The lowest BCUT2D eigenvalue weighted by Gasteiger charge is -2.34. The minimum Gasteiger partial charge on any atom is -0.544 e. The molecule has 0 saturated carbocycles. The maximum absolute atomic E-state index is 12.6. The fourth-order valence-corrected chi connectivity index (χ4v) is 5.14. The predicted octanol–water partition coefficient (Wildman–Crippen LogP) is 7.79. The molecule has 0 aliphatic heterocycles. The molecule has 272 valence electrons. The summed E-state index contributed by atoms with van der Waals surface area (Å²) in [5.74, 6) is -1.77. The summed E-state index contributed by atoms with van der Waals surface area (Å²) in [7, 11) is 5.38. The van der Waals surface area contributed by atoms with Crippen LogP contribution in [0.1, 0.15) is 142 Å². The second kappa shape index (κ2) is 30.9. The summed E-state index contributed by atoms with van der Waals surface area (Å²) in [6.45, 7) is 4.48. The number of esters is 2. The summed E-state index contributed by atoms with van der Waals surface area (Å²) in [5.41, 5.74) is 0. The van der Waals surface area contributed by atoms with Crippen molar-refractivity contribution in [3.05, 3.63) is 36.5 Å². The lowest BCUT2D eigenvalue weighted by atomic mass is 10.1. The molecule has 0 aliphatic rings. The number of carboxylic acids is 1. The molecule has 0 N–H and O–H groups in total. The van der Waals surface area contributed by atoms with E-state index in [-0.39, 0.29) is 42.7 Å². The van der Waals surface area contributed by atoms with E-state index in [0.717, 1.165) is 70.6 Å². The second-order valence-electron chi connectivity index (χ2n) is 13.4. The normalized spacial score (nSPS) is 13.5. The molecule has 8 heteroatoms. The lowest BCUT2D eigenvalue weighted by molar-refractivity contribution is -0.889. The van der Waals surface area contributed by atoms with Crippen LogP contribution < -0.4 is 5.11 Å². The zero-order chi connectivity index (χ0) is 35.0. The Labute approximate surface area is 287 Å². The molecule has 2 unspecified atom stereocenters. The van der Waals surface area contributed by atoms with Crippen LogP contribution in [0.2, 0.25) is 0 Å². The van der Waals surface area contributed by atoms with Crippen LogP contribution in [0.25, 0.3) is 0 Å². The van der Waals surface area contributed by atoms with Crippen LogP contribution in [0, 0.1) is 0 Å². The van der Waals surface area contributed by atoms with Crippen molar-refractivity contribution in [2.24, 2.45) is 0 Å². The lowest BCUT2D eigenvalue weighted by Crippen LogP contribution is -2.55. The van der Waals surface area contributed by atoms with Gasteiger partial charge in [0.05, 0.1) is 40.3 Å². The molecule has 0 fully saturated rings. The number of hydrogen-bond acceptors (Lipinski definition) is 7. The van der Waals surface area contributed by atoms with Gasteiger partial charge in [0.25, 0.3) is 0 Å². The highest BCUT2D eigenvalue weighted by Gasteiger charge is 2.25. The van der Waals surface area contributed by atoms with Crippen LogP contribution in [0.15, 0.2) is 36.5 Å². The predicted molar refractivity (Wildman–Crippen MR) is 190 cm³/mol. The third-order valence-corrected chi connectivity index (χ3v) is 8.04. The number of likely N-dealkylation sites (N-methyl/N-ethyl adjacent to an activating group) is 1. The summed E-state index contributed by atoms with van der Waals surface area (Å²) in [4.78, 5) is 36.5. The minimum absolute atomic E-state index is 0.0346. The van der Waals surface area contributed by atoms with Crippen molar-refractivity contribution in [3.8, 4) is 0 Å². The van der Waals surface area contributed by atoms with Crippen molar-refractivity contribution in [2.75, 3.05) is 41.0 Å². The molecule has 0 aromatic heterocycles. The van der Waals surface area contributed by atoms with Crippen molar-refractivity contribution in [1.82, 2.24) is 0 Å². The van der Waals surface area contributed by atoms with E-state index in [4.69, 9.17) is 14.2 Å². The Morgan fingerprint density at radius 1 is 0.660 bits per heavy atom. The summed E-state index contributed by atoms with van der Waals surface area (Å²) >= 11 is 0. The van der Waals surface area contributed by atoms with Crippen molar-refractivity contribution >= 4 is 17.9 Å². The first-order valence-corrected chi connectivity index (χ1v) is 18.5. The maximum Gasteiger partial charge on any atom is 0.306 e. The van der Waals surface area contributed by atoms with Crippen LogP contribution in [0.4, 0.5) is 0 Å². The number of carbonyl (C=O) groups is 3. The number of aliphatic carboxylic acids is 1. The fraction of sp³-hybridized carbons (Fsp3) is 0.769. The number of hydrogen-bond donors (Lipinski definition) is 0. The van der Waals surface area contributed by atoms with E-state index >= 15 is 0 Å². The number of allylic oxidation sites excluding steroid dienone is 6. The van der Waals surface area contributed by atoms with Gasteiger partial charge < -0.3 is 28.6 Å². The highest BCUT2D eigenvalue weighted by atomic mass is 16.6.